The molecule has 1 aromatic carbocycles. The molecule has 1 aliphatic carbocycles. The highest BCUT2D eigenvalue weighted by Gasteiger charge is 2.20. The van der Waals surface area contributed by atoms with Gasteiger partial charge in [0, 0.05) is 16.2 Å². The molecule has 1 saturated carbocycles. The number of anilines is 1. The first-order chi connectivity index (χ1) is 8.72. The molecule has 0 radical (unpaired) electrons. The molecule has 0 saturated heterocycles. The summed E-state index contributed by atoms with van der Waals surface area (Å²) in [6, 6.07) is 8.48. The van der Waals surface area contributed by atoms with Crippen LogP contribution in [-0.4, -0.2) is 6.04 Å². The Labute approximate surface area is 118 Å². The van der Waals surface area contributed by atoms with E-state index >= 15 is 0 Å². The van der Waals surface area contributed by atoms with Crippen molar-refractivity contribution >= 4 is 21.6 Å². The van der Waals surface area contributed by atoms with Crippen molar-refractivity contribution < 1.29 is 0 Å². The number of nitrogens with zero attached hydrogens (tertiary/aromatic N) is 1. The SMILES string of the molecule is CCC1CCCC(Nc2ccc(C#N)cc2Br)C1. The number of halogens is 1. The van der Waals surface area contributed by atoms with E-state index in [1.165, 1.54) is 32.1 Å². The molecule has 2 nitrogen and oxygen atoms in total. The highest BCUT2D eigenvalue weighted by Crippen LogP contribution is 2.31. The third-order valence-electron chi connectivity index (χ3n) is 3.82. The van der Waals surface area contributed by atoms with Gasteiger partial charge in [-0.1, -0.05) is 26.2 Å². The quantitative estimate of drug-likeness (QED) is 0.878. The Morgan fingerprint density at radius 2 is 2.28 bits per heavy atom. The maximum Gasteiger partial charge on any atom is 0.0992 e. The fourth-order valence-electron chi connectivity index (χ4n) is 2.71. The summed E-state index contributed by atoms with van der Waals surface area (Å²) in [5.41, 5.74) is 1.80. The van der Waals surface area contributed by atoms with E-state index < -0.39 is 0 Å². The Morgan fingerprint density at radius 3 is 2.94 bits per heavy atom. The molecular weight excluding hydrogens is 288 g/mol. The minimum absolute atomic E-state index is 0.577. The molecule has 1 N–H and O–H groups in total. The predicted octanol–water partition coefficient (Wildman–Crippen LogP) is 4.70. The monoisotopic (exact) mass is 306 g/mol. The van der Waals surface area contributed by atoms with Gasteiger partial charge in [0.15, 0.2) is 0 Å². The van der Waals surface area contributed by atoms with Gasteiger partial charge in [-0.15, -0.1) is 0 Å². The van der Waals surface area contributed by atoms with Gasteiger partial charge < -0.3 is 5.32 Å². The molecule has 2 unspecified atom stereocenters. The summed E-state index contributed by atoms with van der Waals surface area (Å²) >= 11 is 3.53. The van der Waals surface area contributed by atoms with E-state index in [0.29, 0.717) is 11.6 Å². The van der Waals surface area contributed by atoms with Gasteiger partial charge in [0.05, 0.1) is 11.6 Å². The van der Waals surface area contributed by atoms with Gasteiger partial charge in [-0.3, -0.25) is 0 Å². The fraction of sp³-hybridized carbons (Fsp3) is 0.533. The van der Waals surface area contributed by atoms with Crippen molar-refractivity contribution in [3.63, 3.8) is 0 Å². The topological polar surface area (TPSA) is 35.8 Å². The van der Waals surface area contributed by atoms with Crippen LogP contribution in [0.2, 0.25) is 0 Å². The van der Waals surface area contributed by atoms with Crippen LogP contribution in [0.15, 0.2) is 22.7 Å². The van der Waals surface area contributed by atoms with Crippen LogP contribution in [0.5, 0.6) is 0 Å². The summed E-state index contributed by atoms with van der Waals surface area (Å²) in [5.74, 6) is 0.869. The third-order valence-corrected chi connectivity index (χ3v) is 4.47. The van der Waals surface area contributed by atoms with Gasteiger partial charge in [0.25, 0.3) is 0 Å². The van der Waals surface area contributed by atoms with E-state index in [9.17, 15) is 0 Å². The van der Waals surface area contributed by atoms with Gasteiger partial charge in [0.2, 0.25) is 0 Å². The van der Waals surface area contributed by atoms with Crippen LogP contribution >= 0.6 is 15.9 Å². The van der Waals surface area contributed by atoms with Crippen LogP contribution in [-0.2, 0) is 0 Å². The average molecular weight is 307 g/mol. The molecule has 2 atom stereocenters. The predicted molar refractivity (Wildman–Crippen MR) is 78.5 cm³/mol. The number of hydrogen-bond donors (Lipinski definition) is 1. The van der Waals surface area contributed by atoms with Crippen molar-refractivity contribution in [3.05, 3.63) is 28.2 Å². The Kier molecular flexibility index (Phi) is 4.66. The molecule has 18 heavy (non-hydrogen) atoms. The zero-order valence-electron chi connectivity index (χ0n) is 10.7. The van der Waals surface area contributed by atoms with Crippen LogP contribution in [0.4, 0.5) is 5.69 Å². The van der Waals surface area contributed by atoms with E-state index in [1.54, 1.807) is 0 Å². The molecule has 3 heteroatoms. The molecule has 1 fully saturated rings. The molecule has 0 amide bonds. The number of nitrogens with one attached hydrogen (secondary N) is 1. The number of nitriles is 1. The largest absolute Gasteiger partial charge is 0.381 e. The van der Waals surface area contributed by atoms with E-state index in [1.807, 2.05) is 18.2 Å². The molecule has 1 aliphatic rings. The maximum atomic E-state index is 8.85. The van der Waals surface area contributed by atoms with Gasteiger partial charge in [0.1, 0.15) is 0 Å². The second-order valence-corrected chi connectivity index (χ2v) is 5.94. The van der Waals surface area contributed by atoms with Crippen molar-refractivity contribution in [2.75, 3.05) is 5.32 Å². The summed E-state index contributed by atoms with van der Waals surface area (Å²) in [7, 11) is 0. The van der Waals surface area contributed by atoms with Crippen molar-refractivity contribution in [1.29, 1.82) is 5.26 Å². The molecule has 0 aliphatic heterocycles. The first-order valence-electron chi connectivity index (χ1n) is 6.69. The molecule has 0 spiro atoms. The molecule has 2 rings (SSSR count). The standard InChI is InChI=1S/C15H19BrN2/c1-2-11-4-3-5-13(8-11)18-15-7-6-12(10-17)9-14(15)16/h6-7,9,11,13,18H,2-5,8H2,1H3. The molecular formula is C15H19BrN2. The van der Waals surface area contributed by atoms with E-state index in [-0.39, 0.29) is 0 Å². The third kappa shape index (κ3) is 3.26. The molecule has 0 heterocycles. The van der Waals surface area contributed by atoms with Crippen molar-refractivity contribution in [2.24, 2.45) is 5.92 Å². The second kappa shape index (κ2) is 6.24. The summed E-state index contributed by atoms with van der Waals surface area (Å²) in [6.45, 7) is 2.28. The van der Waals surface area contributed by atoms with Crippen LogP contribution in [0, 0.1) is 17.2 Å². The Balaban J connectivity index is 2.03. The Hall–Kier alpha value is -1.01. The smallest absolute Gasteiger partial charge is 0.0992 e. The highest BCUT2D eigenvalue weighted by molar-refractivity contribution is 9.10. The average Bonchev–Trinajstić information content (AvgIpc) is 2.41. The lowest BCUT2D eigenvalue weighted by atomic mass is 9.84. The Bertz CT molecular complexity index is 450. The Morgan fingerprint density at radius 1 is 1.44 bits per heavy atom. The normalized spacial score (nSPS) is 23.4. The first kappa shape index (κ1) is 13.4. The van der Waals surface area contributed by atoms with Gasteiger partial charge >= 0.3 is 0 Å². The van der Waals surface area contributed by atoms with Gasteiger partial charge in [-0.2, -0.15) is 5.26 Å². The summed E-state index contributed by atoms with van der Waals surface area (Å²) < 4.78 is 0.986. The van der Waals surface area contributed by atoms with Crippen molar-refractivity contribution in [3.8, 4) is 6.07 Å². The van der Waals surface area contributed by atoms with Crippen LogP contribution < -0.4 is 5.32 Å². The van der Waals surface area contributed by atoms with Crippen LogP contribution in [0.25, 0.3) is 0 Å². The van der Waals surface area contributed by atoms with E-state index in [0.717, 1.165) is 16.1 Å². The minimum atomic E-state index is 0.577. The van der Waals surface area contributed by atoms with Crippen LogP contribution in [0.1, 0.15) is 44.6 Å². The molecule has 96 valence electrons. The van der Waals surface area contributed by atoms with Gasteiger partial charge in [-0.05, 0) is 52.9 Å². The molecule has 0 bridgehead atoms. The number of benzene rings is 1. The van der Waals surface area contributed by atoms with Crippen LogP contribution in [0.3, 0.4) is 0 Å². The fourth-order valence-corrected chi connectivity index (χ4v) is 3.21. The molecule has 1 aromatic rings. The lowest BCUT2D eigenvalue weighted by molar-refractivity contribution is 0.327. The van der Waals surface area contributed by atoms with E-state index in [4.69, 9.17) is 5.26 Å². The summed E-state index contributed by atoms with van der Waals surface area (Å²) in [4.78, 5) is 0. The van der Waals surface area contributed by atoms with Crippen molar-refractivity contribution in [2.45, 2.75) is 45.1 Å². The lowest BCUT2D eigenvalue weighted by Gasteiger charge is -2.30. The summed E-state index contributed by atoms with van der Waals surface area (Å²) in [5, 5.41) is 12.5. The molecule has 0 aromatic heterocycles. The van der Waals surface area contributed by atoms with Gasteiger partial charge in [-0.25, -0.2) is 0 Å². The zero-order valence-corrected chi connectivity index (χ0v) is 12.3. The summed E-state index contributed by atoms with van der Waals surface area (Å²) in [6.07, 6.45) is 6.51. The lowest BCUT2D eigenvalue weighted by Crippen LogP contribution is -2.27. The maximum absolute atomic E-state index is 8.85. The number of rotatable bonds is 3. The van der Waals surface area contributed by atoms with E-state index in [2.05, 4.69) is 34.2 Å². The first-order valence-corrected chi connectivity index (χ1v) is 7.48. The minimum Gasteiger partial charge on any atom is -0.381 e. The number of hydrogen-bond acceptors (Lipinski definition) is 2. The van der Waals surface area contributed by atoms with Crippen molar-refractivity contribution in [1.82, 2.24) is 0 Å². The second-order valence-electron chi connectivity index (χ2n) is 5.09. The highest BCUT2D eigenvalue weighted by atomic mass is 79.9. The zero-order chi connectivity index (χ0) is 13.0.